The zero-order valence-electron chi connectivity index (χ0n) is 14.2. The van der Waals surface area contributed by atoms with Gasteiger partial charge >= 0.3 is 6.03 Å². The first-order valence-electron chi connectivity index (χ1n) is 8.29. The molecule has 0 aromatic carbocycles. The summed E-state index contributed by atoms with van der Waals surface area (Å²) in [6.07, 6.45) is 4.83. The molecule has 1 aliphatic heterocycles. The summed E-state index contributed by atoms with van der Waals surface area (Å²) < 4.78 is 0. The van der Waals surface area contributed by atoms with Gasteiger partial charge in [-0.25, -0.2) is 9.78 Å². The number of amides is 2. The second-order valence-electron chi connectivity index (χ2n) is 5.67. The van der Waals surface area contributed by atoms with Crippen LogP contribution in [0.4, 0.5) is 10.6 Å². The lowest BCUT2D eigenvalue weighted by molar-refractivity contribution is 0.249. The molecule has 0 unspecified atom stereocenters. The van der Waals surface area contributed by atoms with Crippen molar-refractivity contribution in [2.75, 3.05) is 18.4 Å². The van der Waals surface area contributed by atoms with Crippen LogP contribution in [0.3, 0.4) is 0 Å². The molecule has 0 atom stereocenters. The van der Waals surface area contributed by atoms with Crippen molar-refractivity contribution in [2.45, 2.75) is 32.6 Å². The van der Waals surface area contributed by atoms with Crippen molar-refractivity contribution in [1.29, 1.82) is 0 Å². The van der Waals surface area contributed by atoms with E-state index in [9.17, 15) is 4.79 Å². The van der Waals surface area contributed by atoms with Gasteiger partial charge in [-0.15, -0.1) is 0 Å². The number of rotatable bonds is 6. The maximum absolute atomic E-state index is 12.0. The number of aliphatic imine (C=N–C) groups is 1. The molecular formula is C18H22Cl2N4O. The van der Waals surface area contributed by atoms with Crippen molar-refractivity contribution in [3.63, 3.8) is 0 Å². The maximum atomic E-state index is 12.0. The van der Waals surface area contributed by atoms with Gasteiger partial charge in [-0.05, 0) is 37.0 Å². The Morgan fingerprint density at radius 2 is 2.28 bits per heavy atom. The van der Waals surface area contributed by atoms with Gasteiger partial charge in [-0.3, -0.25) is 0 Å². The average Bonchev–Trinajstić information content (AvgIpc) is 2.59. The van der Waals surface area contributed by atoms with Crippen LogP contribution in [0.15, 0.2) is 39.8 Å². The number of aromatic nitrogens is 1. The average molecular weight is 381 g/mol. The number of nitrogens with one attached hydrogen (secondary N) is 2. The van der Waals surface area contributed by atoms with Crippen LogP contribution in [0, 0.1) is 0 Å². The highest BCUT2D eigenvalue weighted by molar-refractivity contribution is 6.45. The number of aryl methyl sites for hydroxylation is 1. The van der Waals surface area contributed by atoms with E-state index in [1.54, 1.807) is 0 Å². The van der Waals surface area contributed by atoms with Gasteiger partial charge in [0.25, 0.3) is 0 Å². The summed E-state index contributed by atoms with van der Waals surface area (Å²) in [5, 5.41) is 6.67. The first kappa shape index (κ1) is 19.5. The van der Waals surface area contributed by atoms with Gasteiger partial charge < -0.3 is 10.6 Å². The van der Waals surface area contributed by atoms with Crippen LogP contribution >= 0.6 is 23.2 Å². The van der Waals surface area contributed by atoms with Crippen molar-refractivity contribution in [3.05, 3.63) is 46.1 Å². The minimum absolute atomic E-state index is 0.290. The lowest BCUT2D eigenvalue weighted by Crippen LogP contribution is -2.24. The van der Waals surface area contributed by atoms with E-state index in [1.807, 2.05) is 13.0 Å². The van der Waals surface area contributed by atoms with Crippen LogP contribution in [0.25, 0.3) is 0 Å². The molecule has 0 aliphatic carbocycles. The number of urea groups is 1. The Kier molecular flexibility index (Phi) is 7.47. The summed E-state index contributed by atoms with van der Waals surface area (Å²) in [4.78, 5) is 20.5. The van der Waals surface area contributed by atoms with Gasteiger partial charge in [0.05, 0.1) is 10.7 Å². The second-order valence-corrected chi connectivity index (χ2v) is 6.57. The van der Waals surface area contributed by atoms with Crippen LogP contribution in [0.2, 0.25) is 0 Å². The third-order valence-corrected chi connectivity index (χ3v) is 4.18. The Bertz CT molecular complexity index is 713. The van der Waals surface area contributed by atoms with E-state index in [1.165, 1.54) is 11.6 Å². The number of allylic oxidation sites excluding steroid dienone is 3. The van der Waals surface area contributed by atoms with E-state index in [-0.39, 0.29) is 0 Å². The number of halogens is 2. The van der Waals surface area contributed by atoms with E-state index >= 15 is 0 Å². The summed E-state index contributed by atoms with van der Waals surface area (Å²) in [7, 11) is 0. The van der Waals surface area contributed by atoms with Gasteiger partial charge in [-0.2, -0.15) is 4.99 Å². The number of hydrogen-bond donors (Lipinski definition) is 2. The number of hydrogen-bond acceptors (Lipinski definition) is 3. The summed E-state index contributed by atoms with van der Waals surface area (Å²) >= 11 is 11.8. The number of pyridine rings is 1. The minimum Gasteiger partial charge on any atom is -0.370 e. The first-order valence-corrected chi connectivity index (χ1v) is 9.05. The maximum Gasteiger partial charge on any atom is 0.341 e. The number of fused-ring (bicyclic) bond motifs is 1. The normalized spacial score (nSPS) is 14.5. The lowest BCUT2D eigenvalue weighted by atomic mass is 10.1. The number of carbonyl (C=O) groups is 1. The van der Waals surface area contributed by atoms with E-state index in [0.717, 1.165) is 30.9 Å². The molecule has 2 rings (SSSR count). The SMILES string of the molecule is C=C(Cl)/C=C(/Cl)C(CC)=NC(=O)NCCc1ccc2c(n1)NCCC2. The number of anilines is 1. The number of nitrogens with zero attached hydrogens (tertiary/aromatic N) is 2. The van der Waals surface area contributed by atoms with Crippen LogP contribution in [-0.4, -0.2) is 29.8 Å². The van der Waals surface area contributed by atoms with Crippen molar-refractivity contribution in [1.82, 2.24) is 10.3 Å². The fraction of sp³-hybridized carbons (Fsp3) is 0.389. The summed E-state index contributed by atoms with van der Waals surface area (Å²) in [5.41, 5.74) is 2.65. The Morgan fingerprint density at radius 3 is 3.00 bits per heavy atom. The van der Waals surface area contributed by atoms with Crippen LogP contribution in [-0.2, 0) is 12.8 Å². The lowest BCUT2D eigenvalue weighted by Gasteiger charge is -2.17. The van der Waals surface area contributed by atoms with Crippen molar-refractivity contribution < 1.29 is 4.79 Å². The van der Waals surface area contributed by atoms with E-state index in [0.29, 0.717) is 35.2 Å². The topological polar surface area (TPSA) is 66.4 Å². The largest absolute Gasteiger partial charge is 0.370 e. The van der Waals surface area contributed by atoms with Gasteiger partial charge in [0.15, 0.2) is 0 Å². The quantitative estimate of drug-likeness (QED) is 0.566. The molecule has 134 valence electrons. The van der Waals surface area contributed by atoms with E-state index < -0.39 is 6.03 Å². The van der Waals surface area contributed by atoms with Gasteiger partial charge in [-0.1, -0.05) is 42.8 Å². The van der Waals surface area contributed by atoms with Crippen molar-refractivity contribution in [2.24, 2.45) is 4.99 Å². The Morgan fingerprint density at radius 1 is 1.48 bits per heavy atom. The smallest absolute Gasteiger partial charge is 0.341 e. The predicted octanol–water partition coefficient (Wildman–Crippen LogP) is 4.42. The van der Waals surface area contributed by atoms with Gasteiger partial charge in [0.2, 0.25) is 0 Å². The molecule has 0 saturated carbocycles. The molecule has 0 fully saturated rings. The molecule has 0 spiro atoms. The molecule has 1 aromatic rings. The molecule has 2 heterocycles. The summed E-state index contributed by atoms with van der Waals surface area (Å²) in [6.45, 7) is 6.82. The molecule has 5 nitrogen and oxygen atoms in total. The first-order chi connectivity index (χ1) is 12.0. The summed E-state index contributed by atoms with van der Waals surface area (Å²) in [6, 6.07) is 3.67. The molecule has 2 N–H and O–H groups in total. The molecule has 25 heavy (non-hydrogen) atoms. The molecule has 2 amide bonds. The molecule has 0 saturated heterocycles. The fourth-order valence-electron chi connectivity index (χ4n) is 2.49. The molecule has 1 aromatic heterocycles. The Balaban J connectivity index is 1.89. The van der Waals surface area contributed by atoms with Gasteiger partial charge in [0.1, 0.15) is 5.82 Å². The highest BCUT2D eigenvalue weighted by Gasteiger charge is 2.10. The van der Waals surface area contributed by atoms with Crippen LogP contribution in [0.1, 0.15) is 31.0 Å². The monoisotopic (exact) mass is 380 g/mol. The molecule has 0 bridgehead atoms. The second kappa shape index (κ2) is 9.59. The highest BCUT2D eigenvalue weighted by Crippen LogP contribution is 2.19. The highest BCUT2D eigenvalue weighted by atomic mass is 35.5. The van der Waals surface area contributed by atoms with E-state index in [4.69, 9.17) is 23.2 Å². The van der Waals surface area contributed by atoms with Crippen LogP contribution < -0.4 is 10.6 Å². The molecule has 7 heteroatoms. The van der Waals surface area contributed by atoms with Crippen molar-refractivity contribution >= 4 is 40.8 Å². The zero-order valence-corrected chi connectivity index (χ0v) is 15.8. The Hall–Kier alpha value is -1.85. The van der Waals surface area contributed by atoms with Gasteiger partial charge in [0, 0.05) is 30.2 Å². The van der Waals surface area contributed by atoms with Crippen molar-refractivity contribution in [3.8, 4) is 0 Å². The Labute approximate surface area is 158 Å². The zero-order chi connectivity index (χ0) is 18.2. The molecule has 0 radical (unpaired) electrons. The third kappa shape index (κ3) is 6.18. The van der Waals surface area contributed by atoms with E-state index in [2.05, 4.69) is 33.3 Å². The minimum atomic E-state index is -0.431. The van der Waals surface area contributed by atoms with Crippen LogP contribution in [0.5, 0.6) is 0 Å². The summed E-state index contributed by atoms with van der Waals surface area (Å²) in [5.74, 6) is 0.958. The molecule has 1 aliphatic rings. The fourth-order valence-corrected chi connectivity index (χ4v) is 2.96. The third-order valence-electron chi connectivity index (χ3n) is 3.74. The number of carbonyl (C=O) groups excluding carboxylic acids is 1. The molecular weight excluding hydrogens is 359 g/mol. The predicted molar refractivity (Wildman–Crippen MR) is 105 cm³/mol. The standard InChI is InChI=1S/C18H22Cl2N4O/c1-3-16(15(20)11-12(2)19)24-18(25)22-10-8-14-7-6-13-5-4-9-21-17(13)23-14/h6-7,11H,2-5,8-10H2,1H3,(H,21,23)(H,22,25)/b15-11+,24-16?.